The lowest BCUT2D eigenvalue weighted by Crippen LogP contribution is -1.93. The lowest BCUT2D eigenvalue weighted by molar-refractivity contribution is 0.838. The van der Waals surface area contributed by atoms with Gasteiger partial charge in [-0.2, -0.15) is 5.10 Å². The first kappa shape index (κ1) is 6.67. The van der Waals surface area contributed by atoms with Gasteiger partial charge in [0.2, 0.25) is 0 Å². The maximum atomic E-state index is 4.25. The molecular formula is C7H7N3S. The van der Waals surface area contributed by atoms with E-state index in [0.29, 0.717) is 0 Å². The molecular weight excluding hydrogens is 158 g/mol. The molecule has 0 aromatic carbocycles. The molecule has 56 valence electrons. The van der Waals surface area contributed by atoms with Crippen molar-refractivity contribution >= 4 is 18.3 Å². The highest BCUT2D eigenvalue weighted by Crippen LogP contribution is 2.09. The summed E-state index contributed by atoms with van der Waals surface area (Å²) in [5, 5.41) is 4.85. The van der Waals surface area contributed by atoms with Gasteiger partial charge < -0.3 is 0 Å². The number of hydrogen-bond donors (Lipinski definition) is 1. The smallest absolute Gasteiger partial charge is 0.156 e. The fourth-order valence-electron chi connectivity index (χ4n) is 1.02. The Labute approximate surface area is 69.5 Å². The summed E-state index contributed by atoms with van der Waals surface area (Å²) in [6.07, 6.45) is 1.71. The van der Waals surface area contributed by atoms with Gasteiger partial charge in [0.05, 0.1) is 11.2 Å². The molecule has 0 aliphatic heterocycles. The van der Waals surface area contributed by atoms with Crippen molar-refractivity contribution < 1.29 is 0 Å². The highest BCUT2D eigenvalue weighted by molar-refractivity contribution is 7.80. The van der Waals surface area contributed by atoms with Crippen LogP contribution in [0.4, 0.5) is 0 Å². The molecule has 2 aromatic rings. The molecule has 0 saturated heterocycles. The normalized spacial score (nSPS) is 10.7. The van der Waals surface area contributed by atoms with Crippen molar-refractivity contribution in [1.29, 1.82) is 0 Å². The predicted octanol–water partition coefficient (Wildman–Crippen LogP) is 1.33. The molecule has 0 bridgehead atoms. The summed E-state index contributed by atoms with van der Waals surface area (Å²) >= 11 is 4.25. The van der Waals surface area contributed by atoms with Gasteiger partial charge in [-0.05, 0) is 13.0 Å². The van der Waals surface area contributed by atoms with Gasteiger partial charge in [-0.1, -0.05) is 0 Å². The first-order chi connectivity index (χ1) is 5.27. The first-order valence-corrected chi connectivity index (χ1v) is 3.72. The van der Waals surface area contributed by atoms with E-state index < -0.39 is 0 Å². The molecule has 3 nitrogen and oxygen atoms in total. The molecule has 0 amide bonds. The van der Waals surface area contributed by atoms with Crippen molar-refractivity contribution in [3.05, 3.63) is 24.0 Å². The van der Waals surface area contributed by atoms with Gasteiger partial charge in [0, 0.05) is 11.8 Å². The molecule has 2 heterocycles. The predicted molar refractivity (Wildman–Crippen MR) is 45.0 cm³/mol. The molecule has 0 aliphatic rings. The summed E-state index contributed by atoms with van der Waals surface area (Å²) in [7, 11) is 0. The van der Waals surface area contributed by atoms with E-state index in [0.717, 1.165) is 16.4 Å². The number of hydrogen-bond acceptors (Lipinski definition) is 3. The molecule has 2 aromatic heterocycles. The summed E-state index contributed by atoms with van der Waals surface area (Å²) in [5.74, 6) is 0. The van der Waals surface area contributed by atoms with E-state index in [1.165, 1.54) is 0 Å². The third kappa shape index (κ3) is 0.991. The van der Waals surface area contributed by atoms with Gasteiger partial charge in [-0.15, -0.1) is 12.6 Å². The third-order valence-electron chi connectivity index (χ3n) is 1.47. The zero-order valence-electron chi connectivity index (χ0n) is 6.02. The molecule has 2 rings (SSSR count). The van der Waals surface area contributed by atoms with Gasteiger partial charge in [-0.3, -0.25) is 0 Å². The van der Waals surface area contributed by atoms with Crippen molar-refractivity contribution in [3.8, 4) is 0 Å². The minimum Gasteiger partial charge on any atom is -0.234 e. The molecule has 0 aliphatic carbocycles. The van der Waals surface area contributed by atoms with Crippen LogP contribution in [0.5, 0.6) is 0 Å². The summed E-state index contributed by atoms with van der Waals surface area (Å²) in [4.78, 5) is 4.25. The summed E-state index contributed by atoms with van der Waals surface area (Å²) in [6, 6.07) is 3.73. The molecule has 0 fully saturated rings. The second-order valence-corrected chi connectivity index (χ2v) is 2.82. The Morgan fingerprint density at radius 1 is 1.55 bits per heavy atom. The zero-order valence-corrected chi connectivity index (χ0v) is 6.92. The van der Waals surface area contributed by atoms with Crippen LogP contribution in [0, 0.1) is 6.92 Å². The Kier molecular flexibility index (Phi) is 1.35. The van der Waals surface area contributed by atoms with Crippen molar-refractivity contribution in [2.24, 2.45) is 0 Å². The van der Waals surface area contributed by atoms with Gasteiger partial charge >= 0.3 is 0 Å². The summed E-state index contributed by atoms with van der Waals surface area (Å²) < 4.78 is 1.69. The zero-order chi connectivity index (χ0) is 7.84. The molecule has 0 unspecified atom stereocenters. The van der Waals surface area contributed by atoms with Crippen molar-refractivity contribution in [2.75, 3.05) is 0 Å². The quantitative estimate of drug-likeness (QED) is 0.471. The molecule has 0 spiro atoms. The van der Waals surface area contributed by atoms with Crippen LogP contribution in [0.1, 0.15) is 5.69 Å². The molecule has 0 saturated carbocycles. The van der Waals surface area contributed by atoms with Crippen LogP contribution in [-0.2, 0) is 0 Å². The van der Waals surface area contributed by atoms with Gasteiger partial charge in [-0.25, -0.2) is 9.50 Å². The number of thiol groups is 1. The van der Waals surface area contributed by atoms with Gasteiger partial charge in [0.25, 0.3) is 0 Å². The van der Waals surface area contributed by atoms with Crippen molar-refractivity contribution in [3.63, 3.8) is 0 Å². The maximum absolute atomic E-state index is 4.25. The van der Waals surface area contributed by atoms with E-state index in [-0.39, 0.29) is 0 Å². The van der Waals surface area contributed by atoms with Gasteiger partial charge in [0.1, 0.15) is 0 Å². The van der Waals surface area contributed by atoms with Crippen LogP contribution in [0.25, 0.3) is 5.65 Å². The van der Waals surface area contributed by atoms with Crippen LogP contribution >= 0.6 is 12.6 Å². The maximum Gasteiger partial charge on any atom is 0.156 e. The fraction of sp³-hybridized carbons (Fsp3) is 0.143. The van der Waals surface area contributed by atoms with Crippen LogP contribution in [0.15, 0.2) is 23.4 Å². The fourth-order valence-corrected chi connectivity index (χ4v) is 1.36. The molecule has 4 heteroatoms. The van der Waals surface area contributed by atoms with Crippen LogP contribution < -0.4 is 0 Å². The topological polar surface area (TPSA) is 30.2 Å². The average Bonchev–Trinajstić information content (AvgIpc) is 2.34. The molecule has 0 N–H and O–H groups in total. The number of fused-ring (bicyclic) bond motifs is 1. The van der Waals surface area contributed by atoms with E-state index in [2.05, 4.69) is 22.7 Å². The lowest BCUT2D eigenvalue weighted by atomic mass is 10.4. The molecule has 0 radical (unpaired) electrons. The van der Waals surface area contributed by atoms with E-state index in [1.807, 2.05) is 19.1 Å². The Balaban J connectivity index is 2.91. The highest BCUT2D eigenvalue weighted by Gasteiger charge is 1.98. The number of aryl methyl sites for hydroxylation is 1. The summed E-state index contributed by atoms with van der Waals surface area (Å²) in [6.45, 7) is 1.94. The van der Waals surface area contributed by atoms with E-state index >= 15 is 0 Å². The Morgan fingerprint density at radius 3 is 3.18 bits per heavy atom. The number of rotatable bonds is 0. The van der Waals surface area contributed by atoms with Crippen LogP contribution in [0.3, 0.4) is 0 Å². The van der Waals surface area contributed by atoms with Crippen molar-refractivity contribution in [1.82, 2.24) is 14.6 Å². The second kappa shape index (κ2) is 2.23. The van der Waals surface area contributed by atoms with Crippen molar-refractivity contribution in [2.45, 2.75) is 11.9 Å². The van der Waals surface area contributed by atoms with E-state index in [4.69, 9.17) is 0 Å². The van der Waals surface area contributed by atoms with Crippen LogP contribution in [-0.4, -0.2) is 14.6 Å². The number of nitrogens with zero attached hydrogens (tertiary/aromatic N) is 3. The number of aromatic nitrogens is 3. The monoisotopic (exact) mass is 165 g/mol. The summed E-state index contributed by atoms with van der Waals surface area (Å²) in [5.41, 5.74) is 1.80. The second-order valence-electron chi connectivity index (χ2n) is 2.36. The lowest BCUT2D eigenvalue weighted by Gasteiger charge is -1.97. The van der Waals surface area contributed by atoms with Gasteiger partial charge in [0.15, 0.2) is 5.65 Å². The Hall–Kier alpha value is -1.03. The van der Waals surface area contributed by atoms with Crippen LogP contribution in [0.2, 0.25) is 0 Å². The van der Waals surface area contributed by atoms with E-state index in [1.54, 1.807) is 10.7 Å². The Morgan fingerprint density at radius 2 is 2.36 bits per heavy atom. The molecule has 11 heavy (non-hydrogen) atoms. The third-order valence-corrected chi connectivity index (χ3v) is 1.79. The first-order valence-electron chi connectivity index (χ1n) is 3.28. The largest absolute Gasteiger partial charge is 0.234 e. The van der Waals surface area contributed by atoms with E-state index in [9.17, 15) is 0 Å². The Bertz CT molecular complexity index is 393. The average molecular weight is 165 g/mol. The molecule has 0 atom stereocenters. The minimum absolute atomic E-state index is 0.817. The minimum atomic E-state index is 0.817. The highest BCUT2D eigenvalue weighted by atomic mass is 32.1. The standard InChI is InChI=1S/C7H7N3S/c1-5-4-7(11)10-6(9-5)2-3-8-10/h2-4,11H,1H3. The SMILES string of the molecule is Cc1cc(S)n2nccc2n1.